The van der Waals surface area contributed by atoms with Crippen LogP contribution in [0.3, 0.4) is 0 Å². The fourth-order valence-corrected chi connectivity index (χ4v) is 11.8. The van der Waals surface area contributed by atoms with Gasteiger partial charge in [0.1, 0.15) is 38.7 Å². The normalized spacial score (nSPS) is 17.5. The van der Waals surface area contributed by atoms with Crippen LogP contribution in [0.25, 0.3) is 44.6 Å². The molecule has 6 aromatic rings. The first-order valence-electron chi connectivity index (χ1n) is 28.5. The summed E-state index contributed by atoms with van der Waals surface area (Å²) in [5.74, 6) is -4.32. The van der Waals surface area contributed by atoms with Crippen molar-refractivity contribution in [2.24, 2.45) is 0 Å². The molecular formula is C62H67N5O17. The summed E-state index contributed by atoms with van der Waals surface area (Å²) in [6, 6.07) is 14.3. The molecule has 10 rings (SSSR count). The molecule has 0 radical (unpaired) electrons. The van der Waals surface area contributed by atoms with Gasteiger partial charge in [0.25, 0.3) is 11.1 Å². The predicted molar refractivity (Wildman–Crippen MR) is 302 cm³/mol. The third-order valence-corrected chi connectivity index (χ3v) is 16.2. The Bertz CT molecular complexity index is 3790. The van der Waals surface area contributed by atoms with Gasteiger partial charge in [0.2, 0.25) is 17.1 Å². The first kappa shape index (κ1) is 59.0. The smallest absolute Gasteiger partial charge is 0.355 e. The van der Waals surface area contributed by atoms with E-state index in [-0.39, 0.29) is 131 Å². The molecule has 0 fully saturated rings. The van der Waals surface area contributed by atoms with Crippen molar-refractivity contribution in [1.29, 1.82) is 0 Å². The van der Waals surface area contributed by atoms with Crippen molar-refractivity contribution in [3.8, 4) is 28.5 Å². The van der Waals surface area contributed by atoms with E-state index in [1.165, 1.54) is 6.07 Å². The molecule has 84 heavy (non-hydrogen) atoms. The van der Waals surface area contributed by atoms with Crippen LogP contribution in [0.2, 0.25) is 0 Å². The minimum absolute atomic E-state index is 0.0150. The summed E-state index contributed by atoms with van der Waals surface area (Å²) in [5, 5.41) is 14.4. The fourth-order valence-electron chi connectivity index (χ4n) is 11.8. The Morgan fingerprint density at radius 1 is 0.655 bits per heavy atom. The summed E-state index contributed by atoms with van der Waals surface area (Å²) in [6.07, 6.45) is 0.951. The predicted octanol–water partition coefficient (Wildman–Crippen LogP) is 5.72. The molecule has 4 aromatic heterocycles. The Balaban J connectivity index is 0.632. The molecule has 0 bridgehead atoms. The molecule has 22 nitrogen and oxygen atoms in total. The quantitative estimate of drug-likeness (QED) is 0.0393. The van der Waals surface area contributed by atoms with Gasteiger partial charge in [0.15, 0.2) is 5.78 Å². The van der Waals surface area contributed by atoms with Gasteiger partial charge in [-0.1, -0.05) is 46.2 Å². The van der Waals surface area contributed by atoms with E-state index in [4.69, 9.17) is 47.9 Å². The molecule has 0 saturated heterocycles. The Morgan fingerprint density at radius 2 is 1.19 bits per heavy atom. The number of cyclic esters (lactones) is 2. The van der Waals surface area contributed by atoms with Crippen LogP contribution in [0.5, 0.6) is 5.75 Å². The highest BCUT2D eigenvalue weighted by atomic mass is 16.6. The highest BCUT2D eigenvalue weighted by molar-refractivity contribution is 5.93. The zero-order valence-electron chi connectivity index (χ0n) is 47.9. The SMILES string of the molecule is CCc1c2c(nc3ccc(C)cc13)-c1cc3c(c(=O)n1C2)COC(=O)[C@@]3(CC)OC(=O)CCC(=O)COCCOC(CC)COCCOCC(=O)NCC(=O)O[C@]1(CC)C(=O)OCc2c1cc1n(c2=O)Cc2c-1nc1ccc(O)cc1c2CC. The van der Waals surface area contributed by atoms with Crippen LogP contribution in [0, 0.1) is 6.92 Å². The molecule has 1 amide bonds. The van der Waals surface area contributed by atoms with Crippen LogP contribution < -0.4 is 16.4 Å². The van der Waals surface area contributed by atoms with E-state index >= 15 is 0 Å². The first-order valence-corrected chi connectivity index (χ1v) is 28.5. The molecule has 22 heteroatoms. The van der Waals surface area contributed by atoms with Gasteiger partial charge in [0.05, 0.1) is 104 Å². The number of nitrogens with one attached hydrogen (secondary N) is 1. The maximum Gasteiger partial charge on any atom is 0.355 e. The van der Waals surface area contributed by atoms with Crippen LogP contribution in [0.4, 0.5) is 0 Å². The molecule has 8 heterocycles. The van der Waals surface area contributed by atoms with E-state index in [9.17, 15) is 43.5 Å². The number of phenols is 1. The number of rotatable bonds is 25. The lowest BCUT2D eigenvalue weighted by molar-refractivity contribution is -0.189. The molecule has 442 valence electrons. The second-order valence-corrected chi connectivity index (χ2v) is 21.2. The van der Waals surface area contributed by atoms with Gasteiger partial charge in [-0.15, -0.1) is 0 Å². The summed E-state index contributed by atoms with van der Waals surface area (Å²) < 4.78 is 48.4. The fraction of sp³-hybridized carbons (Fsp3) is 0.452. The van der Waals surface area contributed by atoms with E-state index < -0.39 is 59.7 Å². The van der Waals surface area contributed by atoms with Gasteiger partial charge in [-0.05, 0) is 92.6 Å². The average molecular weight is 1150 g/mol. The second kappa shape index (κ2) is 24.6. The van der Waals surface area contributed by atoms with Crippen LogP contribution in [-0.4, -0.2) is 119 Å². The number of aromatic nitrogens is 4. The summed E-state index contributed by atoms with van der Waals surface area (Å²) in [7, 11) is 0. The van der Waals surface area contributed by atoms with Crippen LogP contribution in [0.1, 0.15) is 117 Å². The number of aromatic hydroxyl groups is 1. The number of benzene rings is 2. The molecule has 2 aromatic carbocycles. The van der Waals surface area contributed by atoms with E-state index in [1.54, 1.807) is 47.2 Å². The van der Waals surface area contributed by atoms with E-state index in [0.29, 0.717) is 47.7 Å². The summed E-state index contributed by atoms with van der Waals surface area (Å²) in [4.78, 5) is 117. The van der Waals surface area contributed by atoms with Crippen molar-refractivity contribution < 1.29 is 71.8 Å². The van der Waals surface area contributed by atoms with Crippen LogP contribution in [-0.2, 0) is 117 Å². The molecule has 0 spiro atoms. The number of amides is 1. The van der Waals surface area contributed by atoms with Crippen molar-refractivity contribution >= 4 is 57.4 Å². The van der Waals surface area contributed by atoms with E-state index in [1.807, 2.05) is 32.9 Å². The number of carbonyl (C=O) groups excluding carboxylic acids is 6. The number of hydrogen-bond acceptors (Lipinski definition) is 19. The number of aryl methyl sites for hydroxylation is 3. The Morgan fingerprint density at radius 3 is 1.76 bits per heavy atom. The van der Waals surface area contributed by atoms with Crippen molar-refractivity contribution in [2.45, 2.75) is 130 Å². The average Bonchev–Trinajstić information content (AvgIpc) is 1.69. The van der Waals surface area contributed by atoms with Crippen LogP contribution >= 0.6 is 0 Å². The number of nitrogens with zero attached hydrogens (tertiary/aromatic N) is 4. The molecule has 3 atom stereocenters. The molecule has 4 aliphatic rings. The van der Waals surface area contributed by atoms with E-state index in [2.05, 4.69) is 18.3 Å². The molecule has 2 N–H and O–H groups in total. The lowest BCUT2D eigenvalue weighted by Crippen LogP contribution is -2.48. The first-order chi connectivity index (χ1) is 40.5. The molecular weight excluding hydrogens is 1090 g/mol. The van der Waals surface area contributed by atoms with Gasteiger partial charge in [-0.2, -0.15) is 0 Å². The maximum absolute atomic E-state index is 14.1. The van der Waals surface area contributed by atoms with Crippen molar-refractivity contribution in [3.63, 3.8) is 0 Å². The zero-order valence-corrected chi connectivity index (χ0v) is 47.9. The topological polar surface area (TPSA) is 278 Å². The summed E-state index contributed by atoms with van der Waals surface area (Å²) >= 11 is 0. The standard InChI is InChI=1S/C62H67N5O17/c1-7-37(80-21-20-77-29-36(69)14-17-53(71)83-61(10-4)46-24-50-55-42(27-66(50)57(73)44(46)31-81-59(61)75)38(8-2)40-22-34(6)12-15-48(40)64-55)30-78-18-19-79-33-52(70)63-26-54(72)84-62(11-5)47-25-51-56-43(28-67(51)58(74)45(47)32-82-60(62)76)39(9-3)41-23-35(68)13-16-49(41)65-56/h12-13,15-16,22-25,37,68H,7-11,14,17-21,26-33H2,1-6H3,(H,63,70)/t37?,61-,62-/m0/s1. The van der Waals surface area contributed by atoms with E-state index in [0.717, 1.165) is 50.5 Å². The second-order valence-electron chi connectivity index (χ2n) is 21.2. The highest BCUT2D eigenvalue weighted by Crippen LogP contribution is 2.44. The number of ether oxygens (including phenoxy) is 8. The van der Waals surface area contributed by atoms with Crippen molar-refractivity contribution in [2.75, 3.05) is 52.8 Å². The number of phenolic OH excluding ortho intramolecular Hbond substituents is 1. The van der Waals surface area contributed by atoms with Gasteiger partial charge >= 0.3 is 23.9 Å². The number of hydrogen-bond donors (Lipinski definition) is 2. The number of ketones is 1. The molecule has 4 aliphatic heterocycles. The monoisotopic (exact) mass is 1150 g/mol. The Hall–Kier alpha value is -8.18. The third kappa shape index (κ3) is 11.0. The third-order valence-electron chi connectivity index (χ3n) is 16.2. The zero-order chi connectivity index (χ0) is 59.6. The number of carbonyl (C=O) groups is 6. The lowest BCUT2D eigenvalue weighted by atomic mass is 9.85. The summed E-state index contributed by atoms with van der Waals surface area (Å²) in [5.41, 5.74) is 4.67. The highest BCUT2D eigenvalue weighted by Gasteiger charge is 2.52. The number of pyridine rings is 4. The molecule has 0 aliphatic carbocycles. The largest absolute Gasteiger partial charge is 0.508 e. The van der Waals surface area contributed by atoms with Crippen LogP contribution in [0.15, 0.2) is 58.1 Å². The molecule has 1 unspecified atom stereocenters. The molecule has 0 saturated carbocycles. The number of fused-ring (bicyclic) bond motifs is 10. The maximum atomic E-state index is 14.1. The minimum Gasteiger partial charge on any atom is -0.508 e. The number of Topliss-reactive ketones (excluding diaryl/α,β-unsaturated/α-hetero) is 1. The van der Waals surface area contributed by atoms with Gasteiger partial charge in [0, 0.05) is 39.4 Å². The Kier molecular flexibility index (Phi) is 17.3. The lowest BCUT2D eigenvalue weighted by Gasteiger charge is -2.35. The van der Waals surface area contributed by atoms with Gasteiger partial charge < -0.3 is 57.5 Å². The van der Waals surface area contributed by atoms with Crippen molar-refractivity contribution in [1.82, 2.24) is 24.4 Å². The van der Waals surface area contributed by atoms with Gasteiger partial charge in [-0.25, -0.2) is 19.6 Å². The van der Waals surface area contributed by atoms with Gasteiger partial charge in [-0.3, -0.25) is 28.8 Å². The Labute approximate surface area is 482 Å². The van der Waals surface area contributed by atoms with Crippen molar-refractivity contribution in [3.05, 3.63) is 119 Å². The summed E-state index contributed by atoms with van der Waals surface area (Å²) in [6.45, 7) is 10.5. The number of esters is 4. The minimum atomic E-state index is -1.97.